The van der Waals surface area contributed by atoms with Crippen molar-refractivity contribution in [3.63, 3.8) is 0 Å². The molecule has 11 nitrogen and oxygen atoms in total. The maximum atomic E-state index is 13.0. The number of aryl methyl sites for hydroxylation is 1. The number of fused-ring (bicyclic) bond motifs is 1. The Kier molecular flexibility index (Phi) is 6.45. The van der Waals surface area contributed by atoms with Gasteiger partial charge in [-0.2, -0.15) is 0 Å². The molecule has 2 aromatic heterocycles. The number of aromatic nitrogens is 4. The zero-order valence-corrected chi connectivity index (χ0v) is 20.3. The summed E-state index contributed by atoms with van der Waals surface area (Å²) in [5.74, 6) is -0.116. The molecule has 3 aromatic rings. The van der Waals surface area contributed by atoms with Gasteiger partial charge in [0.25, 0.3) is 5.56 Å². The van der Waals surface area contributed by atoms with Crippen LogP contribution in [0.1, 0.15) is 12.0 Å². The molecule has 0 radical (unpaired) electrons. The molecule has 1 aromatic carbocycles. The predicted molar refractivity (Wildman–Crippen MR) is 126 cm³/mol. The second kappa shape index (κ2) is 9.18. The number of carbonyl (C=O) groups excluding carboxylic acids is 1. The Labute approximate surface area is 196 Å². The summed E-state index contributed by atoms with van der Waals surface area (Å²) in [6, 6.07) is 6.88. The minimum atomic E-state index is -3.22. The molecule has 1 saturated heterocycles. The van der Waals surface area contributed by atoms with Gasteiger partial charge in [-0.05, 0) is 24.1 Å². The first-order valence-corrected chi connectivity index (χ1v) is 12.9. The molecule has 34 heavy (non-hydrogen) atoms. The number of hydrogen-bond acceptors (Lipinski definition) is 7. The lowest BCUT2D eigenvalue weighted by Crippen LogP contribution is -2.39. The van der Waals surface area contributed by atoms with E-state index in [1.54, 1.807) is 24.1 Å². The monoisotopic (exact) mass is 488 g/mol. The summed E-state index contributed by atoms with van der Waals surface area (Å²) in [4.78, 5) is 46.2. The van der Waals surface area contributed by atoms with Crippen molar-refractivity contribution in [1.29, 1.82) is 0 Å². The number of imidazole rings is 1. The highest BCUT2D eigenvalue weighted by molar-refractivity contribution is 7.90. The van der Waals surface area contributed by atoms with Crippen molar-refractivity contribution < 1.29 is 13.2 Å². The van der Waals surface area contributed by atoms with E-state index in [0.717, 1.165) is 23.1 Å². The van der Waals surface area contributed by atoms with Gasteiger partial charge < -0.3 is 9.47 Å². The molecule has 0 atom stereocenters. The molecule has 0 aliphatic carbocycles. The normalized spacial score (nSPS) is 15.6. The van der Waals surface area contributed by atoms with Crippen molar-refractivity contribution in [2.75, 3.05) is 32.4 Å². The maximum absolute atomic E-state index is 13.0. The van der Waals surface area contributed by atoms with E-state index in [1.807, 2.05) is 12.1 Å². The predicted octanol–water partition coefficient (Wildman–Crippen LogP) is -0.428. The molecule has 1 fully saturated rings. The summed E-state index contributed by atoms with van der Waals surface area (Å²) < 4.78 is 27.1. The third kappa shape index (κ3) is 4.68. The summed E-state index contributed by atoms with van der Waals surface area (Å²) in [6.45, 7) is 3.28. The Hall–Kier alpha value is -3.25. The summed E-state index contributed by atoms with van der Waals surface area (Å²) in [5, 5.41) is 0. The quantitative estimate of drug-likeness (QED) is 0.478. The number of amides is 1. The van der Waals surface area contributed by atoms with Crippen LogP contribution in [0.4, 0.5) is 0 Å². The molecule has 182 valence electrons. The van der Waals surface area contributed by atoms with E-state index >= 15 is 0 Å². The molecule has 4 rings (SSSR count). The summed E-state index contributed by atoms with van der Waals surface area (Å²) >= 11 is 0. The van der Waals surface area contributed by atoms with E-state index in [9.17, 15) is 22.8 Å². The highest BCUT2D eigenvalue weighted by atomic mass is 32.2. The lowest BCUT2D eigenvalue weighted by molar-refractivity contribution is -0.131. The lowest BCUT2D eigenvalue weighted by atomic mass is 10.2. The number of benzene rings is 1. The average Bonchev–Trinajstić information content (AvgIpc) is 3.06. The lowest BCUT2D eigenvalue weighted by Gasteiger charge is -2.22. The van der Waals surface area contributed by atoms with Crippen LogP contribution in [0.2, 0.25) is 0 Å². The molecule has 0 saturated carbocycles. The van der Waals surface area contributed by atoms with E-state index in [-0.39, 0.29) is 23.6 Å². The summed E-state index contributed by atoms with van der Waals surface area (Å²) in [5.41, 5.74) is 0.551. The van der Waals surface area contributed by atoms with Gasteiger partial charge >= 0.3 is 5.69 Å². The van der Waals surface area contributed by atoms with Gasteiger partial charge in [0.2, 0.25) is 5.91 Å². The topological polar surface area (TPSA) is 120 Å². The van der Waals surface area contributed by atoms with Crippen molar-refractivity contribution in [2.45, 2.75) is 24.4 Å². The van der Waals surface area contributed by atoms with E-state index in [1.165, 1.54) is 28.8 Å². The van der Waals surface area contributed by atoms with Crippen LogP contribution in [0.25, 0.3) is 11.2 Å². The molecule has 1 aliphatic heterocycles. The molecule has 1 aliphatic rings. The van der Waals surface area contributed by atoms with Crippen molar-refractivity contribution in [3.05, 3.63) is 57.0 Å². The van der Waals surface area contributed by atoms with Gasteiger partial charge in [-0.15, -0.1) is 0 Å². The van der Waals surface area contributed by atoms with Gasteiger partial charge in [-0.25, -0.2) is 18.2 Å². The van der Waals surface area contributed by atoms with Crippen LogP contribution in [0, 0.1) is 0 Å². The van der Waals surface area contributed by atoms with Gasteiger partial charge in [0.05, 0.1) is 11.2 Å². The molecule has 3 heterocycles. The minimum absolute atomic E-state index is 0.0309. The number of sulfone groups is 1. The van der Waals surface area contributed by atoms with Crippen molar-refractivity contribution in [2.24, 2.45) is 14.1 Å². The number of hydrogen-bond donors (Lipinski definition) is 0. The highest BCUT2D eigenvalue weighted by Gasteiger charge is 2.22. The molecule has 0 bridgehead atoms. The zero-order valence-electron chi connectivity index (χ0n) is 19.5. The maximum Gasteiger partial charge on any atom is 0.332 e. The number of rotatable bonds is 5. The van der Waals surface area contributed by atoms with Crippen LogP contribution >= 0.6 is 0 Å². The van der Waals surface area contributed by atoms with Gasteiger partial charge in [0, 0.05) is 53.1 Å². The standard InChI is InChI=1S/C22H28N6O5S/c1-24-20-19(21(30)25(2)22(24)31)28(15-23-20)14-18(29)27-10-4-9-26(11-12-27)13-16-5-7-17(8-6-16)34(3,32)33/h5-8,15H,4,9-14H2,1-3H3. The zero-order chi connectivity index (χ0) is 24.6. The van der Waals surface area contributed by atoms with E-state index in [4.69, 9.17) is 0 Å². The van der Waals surface area contributed by atoms with Crippen LogP contribution in [-0.4, -0.2) is 75.2 Å². The third-order valence-electron chi connectivity index (χ3n) is 6.22. The van der Waals surface area contributed by atoms with Gasteiger partial charge in [-0.3, -0.25) is 23.6 Å². The van der Waals surface area contributed by atoms with Crippen LogP contribution in [0.15, 0.2) is 45.1 Å². The first-order chi connectivity index (χ1) is 16.1. The summed E-state index contributed by atoms with van der Waals surface area (Å²) in [7, 11) is -0.275. The Bertz CT molecular complexity index is 1450. The fraction of sp³-hybridized carbons (Fsp3) is 0.455. The largest absolute Gasteiger partial charge is 0.340 e. The number of carbonyl (C=O) groups is 1. The molecule has 0 spiro atoms. The first-order valence-electron chi connectivity index (χ1n) is 11.0. The van der Waals surface area contributed by atoms with Crippen LogP contribution in [-0.2, 0) is 41.8 Å². The van der Waals surface area contributed by atoms with Crippen LogP contribution < -0.4 is 11.2 Å². The Morgan fingerprint density at radius 3 is 2.38 bits per heavy atom. The fourth-order valence-electron chi connectivity index (χ4n) is 4.24. The second-order valence-corrected chi connectivity index (χ2v) is 10.7. The van der Waals surface area contributed by atoms with Gasteiger partial charge in [0.15, 0.2) is 21.0 Å². The second-order valence-electron chi connectivity index (χ2n) is 8.68. The molecule has 1 amide bonds. The molecular weight excluding hydrogens is 460 g/mol. The minimum Gasteiger partial charge on any atom is -0.340 e. The van der Waals surface area contributed by atoms with Crippen molar-refractivity contribution in [3.8, 4) is 0 Å². The van der Waals surface area contributed by atoms with Crippen LogP contribution in [0.5, 0.6) is 0 Å². The van der Waals surface area contributed by atoms with E-state index in [2.05, 4.69) is 9.88 Å². The smallest absolute Gasteiger partial charge is 0.332 e. The first kappa shape index (κ1) is 23.9. The third-order valence-corrected chi connectivity index (χ3v) is 7.35. The summed E-state index contributed by atoms with van der Waals surface area (Å²) in [6.07, 6.45) is 3.41. The molecule has 12 heteroatoms. The SMILES string of the molecule is Cn1c(=O)c2c(ncn2CC(=O)N2CCCN(Cc3ccc(S(C)(=O)=O)cc3)CC2)n(C)c1=O. The number of nitrogens with zero attached hydrogens (tertiary/aromatic N) is 6. The van der Waals surface area contributed by atoms with E-state index < -0.39 is 21.1 Å². The van der Waals surface area contributed by atoms with E-state index in [0.29, 0.717) is 31.1 Å². The van der Waals surface area contributed by atoms with Gasteiger partial charge in [-0.1, -0.05) is 12.1 Å². The Balaban J connectivity index is 1.42. The Morgan fingerprint density at radius 1 is 1.00 bits per heavy atom. The fourth-order valence-corrected chi connectivity index (χ4v) is 4.87. The average molecular weight is 489 g/mol. The van der Waals surface area contributed by atoms with Gasteiger partial charge in [0.1, 0.15) is 6.54 Å². The molecule has 0 N–H and O–H groups in total. The van der Waals surface area contributed by atoms with Crippen LogP contribution in [0.3, 0.4) is 0 Å². The van der Waals surface area contributed by atoms with Crippen molar-refractivity contribution >= 4 is 26.9 Å². The molecule has 0 unspecified atom stereocenters. The molecular formula is C22H28N6O5S. The highest BCUT2D eigenvalue weighted by Crippen LogP contribution is 2.14. The Morgan fingerprint density at radius 2 is 1.71 bits per heavy atom. The van der Waals surface area contributed by atoms with Crippen molar-refractivity contribution in [1.82, 2.24) is 28.5 Å².